The number of carbonyl (C=O) groups is 1. The number of nitriles is 1. The van der Waals surface area contributed by atoms with Crippen molar-refractivity contribution in [2.45, 2.75) is 6.92 Å². The van der Waals surface area contributed by atoms with Crippen LogP contribution in [0.2, 0.25) is 0 Å². The normalized spacial score (nSPS) is 11.9. The highest BCUT2D eigenvalue weighted by Gasteiger charge is 2.10. The van der Waals surface area contributed by atoms with Crippen molar-refractivity contribution in [2.24, 2.45) is 0 Å². The van der Waals surface area contributed by atoms with Crippen LogP contribution in [-0.2, 0) is 9.53 Å². The minimum Gasteiger partial charge on any atom is -0.465 e. The molecule has 0 saturated heterocycles. The molecule has 0 aromatic rings. The number of ether oxygens (including phenoxy) is 1. The SMILES string of the molecule is COC(=O)/C(C#N)=C(C)\C=C\N(C)C. The summed E-state index contributed by atoms with van der Waals surface area (Å²) in [7, 11) is 4.96. The summed E-state index contributed by atoms with van der Waals surface area (Å²) in [4.78, 5) is 12.9. The highest BCUT2D eigenvalue weighted by atomic mass is 16.5. The van der Waals surface area contributed by atoms with Crippen molar-refractivity contribution >= 4 is 5.97 Å². The van der Waals surface area contributed by atoms with Gasteiger partial charge in [-0.15, -0.1) is 0 Å². The van der Waals surface area contributed by atoms with Crippen molar-refractivity contribution in [3.05, 3.63) is 23.4 Å². The molecule has 0 saturated carbocycles. The van der Waals surface area contributed by atoms with E-state index in [1.54, 1.807) is 19.2 Å². The molecule has 0 aromatic carbocycles. The third-order valence-electron chi connectivity index (χ3n) is 1.52. The summed E-state index contributed by atoms with van der Waals surface area (Å²) in [6.45, 7) is 1.69. The van der Waals surface area contributed by atoms with Crippen molar-refractivity contribution in [3.63, 3.8) is 0 Å². The molecule has 0 fully saturated rings. The van der Waals surface area contributed by atoms with E-state index in [1.807, 2.05) is 25.1 Å². The second-order valence-corrected chi connectivity index (χ2v) is 2.94. The van der Waals surface area contributed by atoms with Gasteiger partial charge in [-0.25, -0.2) is 4.79 Å². The summed E-state index contributed by atoms with van der Waals surface area (Å²) in [5, 5.41) is 8.71. The Kier molecular flexibility index (Phi) is 5.08. The smallest absolute Gasteiger partial charge is 0.348 e. The van der Waals surface area contributed by atoms with Gasteiger partial charge in [-0.1, -0.05) is 0 Å². The number of esters is 1. The van der Waals surface area contributed by atoms with Crippen molar-refractivity contribution < 1.29 is 9.53 Å². The van der Waals surface area contributed by atoms with Gasteiger partial charge < -0.3 is 9.64 Å². The summed E-state index contributed by atoms with van der Waals surface area (Å²) < 4.78 is 4.46. The van der Waals surface area contributed by atoms with E-state index in [2.05, 4.69) is 4.74 Å². The first kappa shape index (κ1) is 12.2. The highest BCUT2D eigenvalue weighted by molar-refractivity contribution is 5.93. The first-order valence-corrected chi connectivity index (χ1v) is 4.06. The minimum absolute atomic E-state index is 0.0330. The first-order chi connectivity index (χ1) is 6.52. The van der Waals surface area contributed by atoms with Gasteiger partial charge in [0, 0.05) is 14.1 Å². The average molecular weight is 194 g/mol. The van der Waals surface area contributed by atoms with E-state index >= 15 is 0 Å². The summed E-state index contributed by atoms with van der Waals surface area (Å²) in [6.07, 6.45) is 3.45. The fraction of sp³-hybridized carbons (Fsp3) is 0.400. The van der Waals surface area contributed by atoms with Gasteiger partial charge in [0.25, 0.3) is 0 Å². The Morgan fingerprint density at radius 2 is 2.07 bits per heavy atom. The molecule has 0 heterocycles. The van der Waals surface area contributed by atoms with Gasteiger partial charge >= 0.3 is 5.97 Å². The van der Waals surface area contributed by atoms with Crippen LogP contribution in [0.5, 0.6) is 0 Å². The fourth-order valence-electron chi connectivity index (χ4n) is 0.741. The molecule has 0 aliphatic heterocycles. The van der Waals surface area contributed by atoms with Crippen LogP contribution >= 0.6 is 0 Å². The Labute approximate surface area is 84.1 Å². The molecule has 0 spiro atoms. The van der Waals surface area contributed by atoms with Crippen molar-refractivity contribution in [1.29, 1.82) is 5.26 Å². The molecule has 0 N–H and O–H groups in total. The van der Waals surface area contributed by atoms with Crippen LogP contribution in [0, 0.1) is 11.3 Å². The maximum Gasteiger partial charge on any atom is 0.348 e. The lowest BCUT2D eigenvalue weighted by Gasteiger charge is -2.04. The van der Waals surface area contributed by atoms with Crippen LogP contribution in [0.4, 0.5) is 0 Å². The van der Waals surface area contributed by atoms with Gasteiger partial charge in [0.2, 0.25) is 0 Å². The van der Waals surface area contributed by atoms with E-state index < -0.39 is 5.97 Å². The molecule has 4 nitrogen and oxygen atoms in total. The van der Waals surface area contributed by atoms with E-state index in [0.29, 0.717) is 5.57 Å². The molecular formula is C10H14N2O2. The molecule has 0 aliphatic carbocycles. The lowest BCUT2D eigenvalue weighted by molar-refractivity contribution is -0.135. The number of allylic oxidation sites excluding steroid dienone is 2. The highest BCUT2D eigenvalue weighted by Crippen LogP contribution is 2.06. The molecule has 0 unspecified atom stereocenters. The number of nitrogens with zero attached hydrogens (tertiary/aromatic N) is 2. The van der Waals surface area contributed by atoms with Crippen LogP contribution in [0.25, 0.3) is 0 Å². The fourth-order valence-corrected chi connectivity index (χ4v) is 0.741. The second-order valence-electron chi connectivity index (χ2n) is 2.94. The number of methoxy groups -OCH3 is 1. The molecule has 0 rings (SSSR count). The molecule has 76 valence electrons. The summed E-state index contributed by atoms with van der Waals surface area (Å²) >= 11 is 0. The molecule has 0 amide bonds. The van der Waals surface area contributed by atoms with Crippen molar-refractivity contribution in [3.8, 4) is 6.07 Å². The van der Waals surface area contributed by atoms with E-state index in [1.165, 1.54) is 7.11 Å². The molecule has 14 heavy (non-hydrogen) atoms. The maximum absolute atomic E-state index is 11.1. The minimum atomic E-state index is -0.603. The number of carbonyl (C=O) groups excluding carboxylic acids is 1. The Bertz CT molecular complexity index is 309. The van der Waals surface area contributed by atoms with E-state index in [0.717, 1.165) is 0 Å². The van der Waals surface area contributed by atoms with Gasteiger partial charge in [0.1, 0.15) is 11.6 Å². The third kappa shape index (κ3) is 3.76. The third-order valence-corrected chi connectivity index (χ3v) is 1.52. The first-order valence-electron chi connectivity index (χ1n) is 4.06. The van der Waals surface area contributed by atoms with Gasteiger partial charge in [0.05, 0.1) is 7.11 Å². The zero-order valence-electron chi connectivity index (χ0n) is 8.87. The van der Waals surface area contributed by atoms with Crippen LogP contribution < -0.4 is 0 Å². The molecular weight excluding hydrogens is 180 g/mol. The molecule has 4 heteroatoms. The quantitative estimate of drug-likeness (QED) is 0.292. The van der Waals surface area contributed by atoms with Gasteiger partial charge in [0.15, 0.2) is 0 Å². The maximum atomic E-state index is 11.1. The zero-order valence-corrected chi connectivity index (χ0v) is 8.87. The number of hydrogen-bond acceptors (Lipinski definition) is 4. The van der Waals surface area contributed by atoms with Gasteiger partial charge in [-0.3, -0.25) is 0 Å². The van der Waals surface area contributed by atoms with Crippen molar-refractivity contribution in [1.82, 2.24) is 4.90 Å². The molecule has 0 aliphatic rings. The van der Waals surface area contributed by atoms with Gasteiger partial charge in [-0.2, -0.15) is 5.26 Å². The molecule has 0 aromatic heterocycles. The summed E-state index contributed by atoms with van der Waals surface area (Å²) in [6, 6.07) is 1.81. The summed E-state index contributed by atoms with van der Waals surface area (Å²) in [5.74, 6) is -0.603. The second kappa shape index (κ2) is 5.81. The zero-order chi connectivity index (χ0) is 11.1. The Morgan fingerprint density at radius 3 is 2.43 bits per heavy atom. The Balaban J connectivity index is 4.87. The largest absolute Gasteiger partial charge is 0.465 e. The molecule has 0 bridgehead atoms. The van der Waals surface area contributed by atoms with E-state index in [4.69, 9.17) is 5.26 Å². The van der Waals surface area contributed by atoms with E-state index in [-0.39, 0.29) is 5.57 Å². The predicted octanol–water partition coefficient (Wildman–Crippen LogP) is 1.07. The van der Waals surface area contributed by atoms with Gasteiger partial charge in [-0.05, 0) is 24.8 Å². The van der Waals surface area contributed by atoms with E-state index in [9.17, 15) is 4.79 Å². The molecule has 0 radical (unpaired) electrons. The van der Waals surface area contributed by atoms with Crippen LogP contribution in [0.1, 0.15) is 6.92 Å². The monoisotopic (exact) mass is 194 g/mol. The average Bonchev–Trinajstić information content (AvgIpc) is 2.15. The number of rotatable bonds is 3. The molecule has 0 atom stereocenters. The topological polar surface area (TPSA) is 53.3 Å². The lowest BCUT2D eigenvalue weighted by atomic mass is 10.1. The van der Waals surface area contributed by atoms with Crippen molar-refractivity contribution in [2.75, 3.05) is 21.2 Å². The Morgan fingerprint density at radius 1 is 1.50 bits per heavy atom. The van der Waals surface area contributed by atoms with Crippen LogP contribution in [0.15, 0.2) is 23.4 Å². The lowest BCUT2D eigenvalue weighted by Crippen LogP contribution is -2.05. The van der Waals surface area contributed by atoms with Crippen LogP contribution in [-0.4, -0.2) is 32.1 Å². The predicted molar refractivity (Wildman–Crippen MR) is 53.2 cm³/mol. The van der Waals surface area contributed by atoms with Crippen LogP contribution in [0.3, 0.4) is 0 Å². The number of hydrogen-bond donors (Lipinski definition) is 0. The summed E-state index contributed by atoms with van der Waals surface area (Å²) in [5.41, 5.74) is 0.624. The standard InChI is InChI=1S/C10H14N2O2/c1-8(5-6-12(2)3)9(7-11)10(13)14-4/h5-6H,1-4H3/b6-5+,9-8-. The Hall–Kier alpha value is -1.76.